The van der Waals surface area contributed by atoms with E-state index in [4.69, 9.17) is 10.9 Å². The minimum atomic E-state index is -0.181. The number of hydrogen-bond acceptors (Lipinski definition) is 4. The summed E-state index contributed by atoms with van der Waals surface area (Å²) >= 11 is 0. The number of carbonyl (C=O) groups excluding carboxylic acids is 1. The number of hydrogen-bond donors (Lipinski definition) is 3. The monoisotopic (exact) mass is 279 g/mol. The Labute approximate surface area is 118 Å². The lowest BCUT2D eigenvalue weighted by Gasteiger charge is -2.27. The average molecular weight is 279 g/mol. The molecule has 1 amide bonds. The van der Waals surface area contributed by atoms with Crippen LogP contribution >= 0.6 is 0 Å². The van der Waals surface area contributed by atoms with Gasteiger partial charge in [-0.1, -0.05) is 11.2 Å². The summed E-state index contributed by atoms with van der Waals surface area (Å²) in [6.45, 7) is 5.83. The SMILES string of the molecule is Cc1c(O)cccc1C(=O)N(CC/C(N)=N/O)C(C)C. The normalized spacial score (nSPS) is 11.7. The molecule has 4 N–H and O–H groups in total. The Hall–Kier alpha value is -2.24. The molecule has 0 radical (unpaired) electrons. The van der Waals surface area contributed by atoms with Gasteiger partial charge in [0.2, 0.25) is 0 Å². The molecule has 0 fully saturated rings. The van der Waals surface area contributed by atoms with Gasteiger partial charge in [0.25, 0.3) is 5.91 Å². The molecule has 0 aromatic heterocycles. The Morgan fingerprint density at radius 2 is 2.10 bits per heavy atom. The Kier molecular flexibility index (Phi) is 5.37. The van der Waals surface area contributed by atoms with Crippen LogP contribution in [0.2, 0.25) is 0 Å². The van der Waals surface area contributed by atoms with Gasteiger partial charge in [0, 0.05) is 30.1 Å². The predicted molar refractivity (Wildman–Crippen MR) is 77.0 cm³/mol. The molecule has 0 aliphatic rings. The highest BCUT2D eigenvalue weighted by atomic mass is 16.4. The molecule has 6 heteroatoms. The Balaban J connectivity index is 2.97. The molecule has 0 aliphatic heterocycles. The predicted octanol–water partition coefficient (Wildman–Crippen LogP) is 1.69. The van der Waals surface area contributed by atoms with Crippen LogP contribution in [0.1, 0.15) is 36.2 Å². The summed E-state index contributed by atoms with van der Waals surface area (Å²) in [5.41, 5.74) is 6.44. The molecule has 0 atom stereocenters. The van der Waals surface area contributed by atoms with Crippen molar-refractivity contribution in [1.82, 2.24) is 4.90 Å². The molecule has 0 aliphatic carbocycles. The number of phenols is 1. The first-order valence-electron chi connectivity index (χ1n) is 6.44. The summed E-state index contributed by atoms with van der Waals surface area (Å²) in [5, 5.41) is 21.1. The molecule has 1 rings (SSSR count). The standard InChI is InChI=1S/C14H21N3O3/c1-9(2)17(8-7-13(15)16-20)14(19)11-5-4-6-12(18)10(11)3/h4-6,9,18,20H,7-8H2,1-3H3,(H2,15,16). The van der Waals surface area contributed by atoms with Gasteiger partial charge >= 0.3 is 0 Å². The highest BCUT2D eigenvalue weighted by molar-refractivity contribution is 5.96. The van der Waals surface area contributed by atoms with E-state index in [1.807, 2.05) is 13.8 Å². The van der Waals surface area contributed by atoms with Crippen molar-refractivity contribution in [3.8, 4) is 5.75 Å². The number of phenolic OH excluding ortho intramolecular Hbond substituents is 1. The molecule has 0 heterocycles. The second-order valence-corrected chi connectivity index (χ2v) is 4.88. The molecule has 0 saturated carbocycles. The summed E-state index contributed by atoms with van der Waals surface area (Å²) in [5.74, 6) is -0.00814. The Morgan fingerprint density at radius 3 is 2.65 bits per heavy atom. The molecule has 1 aromatic rings. The topological polar surface area (TPSA) is 99.2 Å². The molecule has 1 aromatic carbocycles. The fourth-order valence-corrected chi connectivity index (χ4v) is 1.89. The molecule has 0 saturated heterocycles. The quantitative estimate of drug-likeness (QED) is 0.330. The first-order valence-corrected chi connectivity index (χ1v) is 6.44. The van der Waals surface area contributed by atoms with Crippen molar-refractivity contribution in [3.63, 3.8) is 0 Å². The van der Waals surface area contributed by atoms with Gasteiger partial charge in [0.05, 0.1) is 0 Å². The smallest absolute Gasteiger partial charge is 0.254 e. The third-order valence-corrected chi connectivity index (χ3v) is 3.16. The van der Waals surface area contributed by atoms with Crippen molar-refractivity contribution in [1.29, 1.82) is 0 Å². The Bertz CT molecular complexity index is 512. The fourth-order valence-electron chi connectivity index (χ4n) is 1.89. The maximum atomic E-state index is 12.5. The largest absolute Gasteiger partial charge is 0.508 e. The zero-order valence-corrected chi connectivity index (χ0v) is 12.0. The fraction of sp³-hybridized carbons (Fsp3) is 0.429. The lowest BCUT2D eigenvalue weighted by Crippen LogP contribution is -2.39. The molecule has 20 heavy (non-hydrogen) atoms. The number of oxime groups is 1. The molecule has 0 spiro atoms. The van der Waals surface area contributed by atoms with Crippen LogP contribution in [0, 0.1) is 6.92 Å². The molecular weight excluding hydrogens is 258 g/mol. The number of amides is 1. The van der Waals surface area contributed by atoms with Crippen molar-refractivity contribution in [2.75, 3.05) is 6.54 Å². The first-order chi connectivity index (χ1) is 9.38. The van der Waals surface area contributed by atoms with Crippen LogP contribution in [0.4, 0.5) is 0 Å². The van der Waals surface area contributed by atoms with E-state index in [0.717, 1.165) is 0 Å². The van der Waals surface area contributed by atoms with E-state index in [2.05, 4.69) is 5.16 Å². The number of benzene rings is 1. The second kappa shape index (κ2) is 6.79. The van der Waals surface area contributed by atoms with Gasteiger partial charge in [0.15, 0.2) is 0 Å². The van der Waals surface area contributed by atoms with Crippen LogP contribution < -0.4 is 5.73 Å². The third-order valence-electron chi connectivity index (χ3n) is 3.16. The van der Waals surface area contributed by atoms with E-state index >= 15 is 0 Å². The van der Waals surface area contributed by atoms with E-state index in [0.29, 0.717) is 17.7 Å². The van der Waals surface area contributed by atoms with E-state index < -0.39 is 0 Å². The molecule has 110 valence electrons. The van der Waals surface area contributed by atoms with Crippen molar-refractivity contribution >= 4 is 11.7 Å². The van der Waals surface area contributed by atoms with Gasteiger partial charge < -0.3 is 20.9 Å². The average Bonchev–Trinajstić information content (AvgIpc) is 2.41. The number of aromatic hydroxyl groups is 1. The number of amidine groups is 1. The van der Waals surface area contributed by atoms with Crippen LogP contribution in [0.15, 0.2) is 23.4 Å². The minimum Gasteiger partial charge on any atom is -0.508 e. The summed E-state index contributed by atoms with van der Waals surface area (Å²) in [6.07, 6.45) is 0.290. The molecule has 6 nitrogen and oxygen atoms in total. The highest BCUT2D eigenvalue weighted by Gasteiger charge is 2.21. The van der Waals surface area contributed by atoms with E-state index in [1.54, 1.807) is 30.0 Å². The first kappa shape index (κ1) is 15.8. The van der Waals surface area contributed by atoms with Gasteiger partial charge in [0.1, 0.15) is 11.6 Å². The molecule has 0 bridgehead atoms. The lowest BCUT2D eigenvalue weighted by molar-refractivity contribution is 0.0709. The number of nitrogens with zero attached hydrogens (tertiary/aromatic N) is 2. The summed E-state index contributed by atoms with van der Waals surface area (Å²) in [4.78, 5) is 14.2. The van der Waals surface area contributed by atoms with Gasteiger partial charge in [-0.25, -0.2) is 0 Å². The van der Waals surface area contributed by atoms with E-state index in [1.165, 1.54) is 0 Å². The maximum Gasteiger partial charge on any atom is 0.254 e. The zero-order valence-electron chi connectivity index (χ0n) is 12.0. The zero-order chi connectivity index (χ0) is 15.3. The van der Waals surface area contributed by atoms with Gasteiger partial charge in [-0.15, -0.1) is 0 Å². The van der Waals surface area contributed by atoms with Crippen molar-refractivity contribution in [3.05, 3.63) is 29.3 Å². The summed E-state index contributed by atoms with van der Waals surface area (Å²) < 4.78 is 0. The lowest BCUT2D eigenvalue weighted by atomic mass is 10.1. The molecule has 0 unspecified atom stereocenters. The van der Waals surface area contributed by atoms with Crippen molar-refractivity contribution < 1.29 is 15.1 Å². The van der Waals surface area contributed by atoms with Crippen LogP contribution in [0.5, 0.6) is 5.75 Å². The van der Waals surface area contributed by atoms with Crippen LogP contribution in [0.3, 0.4) is 0 Å². The number of rotatable bonds is 5. The van der Waals surface area contributed by atoms with Crippen molar-refractivity contribution in [2.24, 2.45) is 10.9 Å². The van der Waals surface area contributed by atoms with Crippen LogP contribution in [-0.4, -0.2) is 39.5 Å². The maximum absolute atomic E-state index is 12.5. The summed E-state index contributed by atoms with van der Waals surface area (Å²) in [6, 6.07) is 4.83. The second-order valence-electron chi connectivity index (χ2n) is 4.88. The highest BCUT2D eigenvalue weighted by Crippen LogP contribution is 2.21. The van der Waals surface area contributed by atoms with Crippen molar-refractivity contribution in [2.45, 2.75) is 33.2 Å². The number of carbonyl (C=O) groups is 1. The van der Waals surface area contributed by atoms with E-state index in [9.17, 15) is 9.90 Å². The van der Waals surface area contributed by atoms with Gasteiger partial charge in [-0.2, -0.15) is 0 Å². The molecular formula is C14H21N3O3. The van der Waals surface area contributed by atoms with Gasteiger partial charge in [-0.3, -0.25) is 4.79 Å². The van der Waals surface area contributed by atoms with Gasteiger partial charge in [-0.05, 0) is 32.9 Å². The number of nitrogens with two attached hydrogens (primary N) is 1. The summed E-state index contributed by atoms with van der Waals surface area (Å²) in [7, 11) is 0. The Morgan fingerprint density at radius 1 is 1.45 bits per heavy atom. The van der Waals surface area contributed by atoms with Crippen LogP contribution in [0.25, 0.3) is 0 Å². The van der Waals surface area contributed by atoms with Crippen LogP contribution in [-0.2, 0) is 0 Å². The minimum absolute atomic E-state index is 0.0317. The van der Waals surface area contributed by atoms with E-state index in [-0.39, 0.29) is 30.0 Å². The third kappa shape index (κ3) is 3.63.